The lowest BCUT2D eigenvalue weighted by atomic mass is 10.0. The molecule has 0 aliphatic carbocycles. The molecular formula is C38H80NO5P. The minimum Gasteiger partial charge on any atom is -0.381 e. The van der Waals surface area contributed by atoms with E-state index in [0.717, 1.165) is 26.1 Å². The molecule has 0 radical (unpaired) electrons. The van der Waals surface area contributed by atoms with Crippen molar-refractivity contribution in [2.24, 2.45) is 5.50 Å². The topological polar surface area (TPSA) is 80.0 Å². The van der Waals surface area contributed by atoms with Crippen LogP contribution in [-0.2, 0) is 23.1 Å². The van der Waals surface area contributed by atoms with Crippen LogP contribution >= 0.6 is 7.75 Å². The van der Waals surface area contributed by atoms with Crippen LogP contribution in [0.4, 0.5) is 0 Å². The smallest absolute Gasteiger partial charge is 0.381 e. The average molecular weight is 662 g/mol. The van der Waals surface area contributed by atoms with Crippen molar-refractivity contribution in [2.45, 2.75) is 206 Å². The summed E-state index contributed by atoms with van der Waals surface area (Å²) in [5.74, 6) is 0. The number of hydrogen-bond acceptors (Lipinski definition) is 5. The lowest BCUT2D eigenvalue weighted by molar-refractivity contribution is 0.103. The molecular weight excluding hydrogens is 581 g/mol. The van der Waals surface area contributed by atoms with E-state index in [0.29, 0.717) is 39.3 Å². The molecule has 0 aromatic rings. The van der Waals surface area contributed by atoms with Gasteiger partial charge in [0.1, 0.15) is 0 Å². The Bertz CT molecular complexity index is 548. The van der Waals surface area contributed by atoms with Crippen LogP contribution in [0.15, 0.2) is 0 Å². The SMILES string of the molecule is CCCCCCCCCCCCCCCCOCCCOP(N)(=O)OCCCOCCCCCCCCCCCCCCCC. The van der Waals surface area contributed by atoms with Crippen LogP contribution in [0, 0.1) is 0 Å². The van der Waals surface area contributed by atoms with Crippen molar-refractivity contribution < 1.29 is 23.1 Å². The molecule has 0 saturated heterocycles. The van der Waals surface area contributed by atoms with Crippen molar-refractivity contribution in [2.75, 3.05) is 39.6 Å². The zero-order valence-electron chi connectivity index (χ0n) is 30.5. The monoisotopic (exact) mass is 662 g/mol. The van der Waals surface area contributed by atoms with Gasteiger partial charge in [0.05, 0.1) is 13.2 Å². The molecule has 7 heteroatoms. The van der Waals surface area contributed by atoms with Gasteiger partial charge in [0.15, 0.2) is 0 Å². The summed E-state index contributed by atoms with van der Waals surface area (Å²) < 4.78 is 34.2. The van der Waals surface area contributed by atoms with Gasteiger partial charge in [0, 0.05) is 26.4 Å². The van der Waals surface area contributed by atoms with Gasteiger partial charge in [0.2, 0.25) is 0 Å². The van der Waals surface area contributed by atoms with E-state index in [1.165, 1.54) is 167 Å². The van der Waals surface area contributed by atoms with Crippen molar-refractivity contribution in [1.29, 1.82) is 0 Å². The number of hydrogen-bond donors (Lipinski definition) is 1. The maximum atomic E-state index is 12.2. The Morgan fingerprint density at radius 1 is 0.333 bits per heavy atom. The molecule has 0 heterocycles. The standard InChI is InChI=1S/C38H80NO5P/c1-3-5-7-9-11-13-15-17-19-21-23-25-27-29-33-41-35-31-37-43-45(39,40)44-38-32-36-42-34-30-28-26-24-22-20-18-16-14-12-10-8-6-4-2/h3-38H2,1-2H3,(H2,39,40). The van der Waals surface area contributed by atoms with Crippen LogP contribution in [0.25, 0.3) is 0 Å². The highest BCUT2D eigenvalue weighted by Gasteiger charge is 2.17. The maximum absolute atomic E-state index is 12.2. The summed E-state index contributed by atoms with van der Waals surface area (Å²) in [6, 6.07) is 0. The molecule has 0 atom stereocenters. The van der Waals surface area contributed by atoms with E-state index in [9.17, 15) is 4.57 Å². The van der Waals surface area contributed by atoms with E-state index in [-0.39, 0.29) is 0 Å². The van der Waals surface area contributed by atoms with Crippen LogP contribution in [0.3, 0.4) is 0 Å². The molecule has 45 heavy (non-hydrogen) atoms. The second-order valence-corrected chi connectivity index (χ2v) is 14.9. The third kappa shape index (κ3) is 40.1. The number of rotatable bonds is 40. The van der Waals surface area contributed by atoms with Gasteiger partial charge >= 0.3 is 7.75 Å². The van der Waals surface area contributed by atoms with E-state index in [1.54, 1.807) is 0 Å². The van der Waals surface area contributed by atoms with Gasteiger partial charge in [-0.1, -0.05) is 181 Å². The summed E-state index contributed by atoms with van der Waals surface area (Å²) in [6.07, 6.45) is 39.5. The Morgan fingerprint density at radius 2 is 0.556 bits per heavy atom. The van der Waals surface area contributed by atoms with Gasteiger partial charge in [-0.3, -0.25) is 9.05 Å². The van der Waals surface area contributed by atoms with E-state index >= 15 is 0 Å². The van der Waals surface area contributed by atoms with E-state index < -0.39 is 7.75 Å². The first-order chi connectivity index (χ1) is 22.1. The largest absolute Gasteiger partial charge is 0.402 e. The van der Waals surface area contributed by atoms with Crippen LogP contribution in [-0.4, -0.2) is 39.6 Å². The van der Waals surface area contributed by atoms with Crippen LogP contribution in [0.2, 0.25) is 0 Å². The first-order valence-electron chi connectivity index (χ1n) is 20.0. The molecule has 0 amide bonds. The molecule has 0 aliphatic rings. The summed E-state index contributed by atoms with van der Waals surface area (Å²) >= 11 is 0. The fourth-order valence-corrected chi connectivity index (χ4v) is 6.59. The quantitative estimate of drug-likeness (QED) is 0.0520. The lowest BCUT2D eigenvalue weighted by Gasteiger charge is -2.13. The van der Waals surface area contributed by atoms with Gasteiger partial charge in [-0.25, -0.2) is 10.1 Å². The number of nitrogens with two attached hydrogens (primary N) is 1. The Balaban J connectivity index is 3.25. The van der Waals surface area contributed by atoms with Gasteiger partial charge in [-0.2, -0.15) is 0 Å². The highest BCUT2D eigenvalue weighted by molar-refractivity contribution is 7.51. The summed E-state index contributed by atoms with van der Waals surface area (Å²) in [6.45, 7) is 7.93. The van der Waals surface area contributed by atoms with E-state index in [2.05, 4.69) is 13.8 Å². The average Bonchev–Trinajstić information content (AvgIpc) is 3.03. The van der Waals surface area contributed by atoms with E-state index in [4.69, 9.17) is 24.0 Å². The minimum atomic E-state index is -3.49. The molecule has 0 unspecified atom stereocenters. The lowest BCUT2D eigenvalue weighted by Crippen LogP contribution is -2.09. The Hall–Kier alpha value is 0.0300. The fraction of sp³-hybridized carbons (Fsp3) is 1.00. The van der Waals surface area contributed by atoms with Crippen molar-refractivity contribution >= 4 is 7.75 Å². The summed E-state index contributed by atoms with van der Waals surface area (Å²) in [5.41, 5.74) is 5.70. The summed E-state index contributed by atoms with van der Waals surface area (Å²) in [7, 11) is -3.49. The Kier molecular flexibility index (Phi) is 38.5. The first kappa shape index (κ1) is 45.0. The molecule has 0 aliphatic heterocycles. The van der Waals surface area contributed by atoms with Crippen molar-refractivity contribution in [3.63, 3.8) is 0 Å². The predicted molar refractivity (Wildman–Crippen MR) is 195 cm³/mol. The Labute approximate surface area is 282 Å². The Morgan fingerprint density at radius 3 is 0.822 bits per heavy atom. The van der Waals surface area contributed by atoms with Crippen molar-refractivity contribution in [1.82, 2.24) is 0 Å². The molecule has 2 N–H and O–H groups in total. The zero-order chi connectivity index (χ0) is 32.8. The fourth-order valence-electron chi connectivity index (χ4n) is 5.74. The molecule has 0 fully saturated rings. The highest BCUT2D eigenvalue weighted by atomic mass is 31.2. The second kappa shape index (κ2) is 38.5. The third-order valence-corrected chi connectivity index (χ3v) is 9.78. The molecule has 272 valence electrons. The van der Waals surface area contributed by atoms with Gasteiger partial charge < -0.3 is 9.47 Å². The van der Waals surface area contributed by atoms with Crippen LogP contribution < -0.4 is 5.50 Å². The molecule has 6 nitrogen and oxygen atoms in total. The van der Waals surface area contributed by atoms with Gasteiger partial charge in [-0.15, -0.1) is 0 Å². The molecule has 0 spiro atoms. The minimum absolute atomic E-state index is 0.294. The number of ether oxygens (including phenoxy) is 2. The highest BCUT2D eigenvalue weighted by Crippen LogP contribution is 2.39. The summed E-state index contributed by atoms with van der Waals surface area (Å²) in [4.78, 5) is 0. The number of unbranched alkanes of at least 4 members (excludes halogenated alkanes) is 26. The first-order valence-corrected chi connectivity index (χ1v) is 21.6. The molecule has 0 bridgehead atoms. The van der Waals surface area contributed by atoms with Crippen LogP contribution in [0.1, 0.15) is 206 Å². The molecule has 0 aromatic heterocycles. The van der Waals surface area contributed by atoms with Crippen molar-refractivity contribution in [3.05, 3.63) is 0 Å². The van der Waals surface area contributed by atoms with E-state index in [1.807, 2.05) is 0 Å². The van der Waals surface area contributed by atoms with Gasteiger partial charge in [-0.05, 0) is 25.7 Å². The van der Waals surface area contributed by atoms with Crippen molar-refractivity contribution in [3.8, 4) is 0 Å². The van der Waals surface area contributed by atoms with Gasteiger partial charge in [0.25, 0.3) is 0 Å². The molecule has 0 rings (SSSR count). The predicted octanol–water partition coefficient (Wildman–Crippen LogP) is 12.9. The summed E-state index contributed by atoms with van der Waals surface area (Å²) in [5, 5.41) is 0. The third-order valence-electron chi connectivity index (χ3n) is 8.69. The maximum Gasteiger partial charge on any atom is 0.402 e. The second-order valence-electron chi connectivity index (χ2n) is 13.3. The van der Waals surface area contributed by atoms with Crippen LogP contribution in [0.5, 0.6) is 0 Å². The zero-order valence-corrected chi connectivity index (χ0v) is 31.4. The molecule has 0 saturated carbocycles. The normalized spacial score (nSPS) is 12.0. The molecule has 0 aromatic carbocycles.